The van der Waals surface area contributed by atoms with Gasteiger partial charge in [0.1, 0.15) is 46.4 Å². The van der Waals surface area contributed by atoms with Crippen LogP contribution in [0.5, 0.6) is 0 Å². The largest absolute Gasteiger partial charge is 0.116 e. The summed E-state index contributed by atoms with van der Waals surface area (Å²) in [5.41, 5.74) is 2.86. The minimum Gasteiger partial charge on any atom is -0.0620 e. The molecule has 0 nitrogen and oxygen atoms in total. The van der Waals surface area contributed by atoms with E-state index in [2.05, 4.69) is 231 Å². The number of fused-ring (bicyclic) bond motifs is 2. The predicted octanol–water partition coefficient (Wildman–Crippen LogP) is 11.0. The second-order valence-corrected chi connectivity index (χ2v) is 21.0. The number of hydrogen-bond donors (Lipinski definition) is 0. The SMILES string of the molecule is c1ccc([P+](Cc2c3ccccc3c(C[P+](c3ccccc3)(c3ccccc3)c3ccccc3)c3ccccc23)(c2ccccc2)c2ccccc2)cc1. The Morgan fingerprint density at radius 3 is 0.556 bits per heavy atom. The Hall–Kier alpha value is -5.64. The van der Waals surface area contributed by atoms with Gasteiger partial charge in [0, 0.05) is 11.1 Å². The van der Waals surface area contributed by atoms with Gasteiger partial charge in [-0.15, -0.1) is 0 Å². The van der Waals surface area contributed by atoms with Crippen molar-refractivity contribution in [3.63, 3.8) is 0 Å². The van der Waals surface area contributed by atoms with Gasteiger partial charge in [-0.2, -0.15) is 0 Å². The maximum absolute atomic E-state index is 2.39. The van der Waals surface area contributed by atoms with Crippen molar-refractivity contribution in [2.45, 2.75) is 12.3 Å². The minimum atomic E-state index is -2.18. The third-order valence-electron chi connectivity index (χ3n) is 11.1. The summed E-state index contributed by atoms with van der Waals surface area (Å²) >= 11 is 0. The van der Waals surface area contributed by atoms with E-state index < -0.39 is 14.5 Å². The van der Waals surface area contributed by atoms with Gasteiger partial charge >= 0.3 is 0 Å². The summed E-state index contributed by atoms with van der Waals surface area (Å²) in [5.74, 6) is 0. The first-order valence-electron chi connectivity index (χ1n) is 18.8. The summed E-state index contributed by atoms with van der Waals surface area (Å²) in [4.78, 5) is 0. The van der Waals surface area contributed by atoms with Crippen molar-refractivity contribution in [2.24, 2.45) is 0 Å². The Morgan fingerprint density at radius 1 is 0.204 bits per heavy atom. The van der Waals surface area contributed by atoms with Crippen LogP contribution in [0.25, 0.3) is 21.5 Å². The first-order chi connectivity index (χ1) is 26.8. The second-order valence-electron chi connectivity index (χ2n) is 14.0. The van der Waals surface area contributed by atoms with Crippen molar-refractivity contribution in [3.8, 4) is 0 Å². The molecule has 0 N–H and O–H groups in total. The zero-order valence-electron chi connectivity index (χ0n) is 30.2. The second kappa shape index (κ2) is 15.0. The third kappa shape index (κ3) is 5.97. The highest BCUT2D eigenvalue weighted by Gasteiger charge is 2.48. The van der Waals surface area contributed by atoms with Gasteiger partial charge in [0.05, 0.1) is 12.3 Å². The fourth-order valence-electron chi connectivity index (χ4n) is 8.66. The smallest absolute Gasteiger partial charge is 0.0620 e. The van der Waals surface area contributed by atoms with E-state index in [1.165, 1.54) is 64.5 Å². The summed E-state index contributed by atoms with van der Waals surface area (Å²) in [6.07, 6.45) is 1.84. The molecule has 0 spiro atoms. The summed E-state index contributed by atoms with van der Waals surface area (Å²) in [7, 11) is -4.35. The molecule has 0 unspecified atom stereocenters. The topological polar surface area (TPSA) is 0 Å². The van der Waals surface area contributed by atoms with Crippen LogP contribution in [0.2, 0.25) is 0 Å². The molecule has 0 aromatic heterocycles. The van der Waals surface area contributed by atoms with E-state index >= 15 is 0 Å². The van der Waals surface area contributed by atoms with E-state index in [1.54, 1.807) is 0 Å². The molecule has 0 bridgehead atoms. The van der Waals surface area contributed by atoms with Crippen molar-refractivity contribution >= 4 is 67.9 Å². The molecule has 0 saturated carbocycles. The highest BCUT2D eigenvalue weighted by atomic mass is 31.2. The third-order valence-corrected chi connectivity index (χ3v) is 19.8. The Balaban J connectivity index is 1.35. The van der Waals surface area contributed by atoms with Gasteiger partial charge in [-0.25, -0.2) is 0 Å². The molecule has 258 valence electrons. The van der Waals surface area contributed by atoms with Crippen molar-refractivity contribution < 1.29 is 0 Å². The number of rotatable bonds is 10. The van der Waals surface area contributed by atoms with Gasteiger partial charge in [-0.1, -0.05) is 158 Å². The van der Waals surface area contributed by atoms with Crippen molar-refractivity contribution in [3.05, 3.63) is 242 Å². The lowest BCUT2D eigenvalue weighted by Crippen LogP contribution is -2.33. The molecule has 54 heavy (non-hydrogen) atoms. The molecular weight excluding hydrogens is 687 g/mol. The number of benzene rings is 9. The molecule has 0 amide bonds. The molecule has 0 radical (unpaired) electrons. The van der Waals surface area contributed by atoms with Crippen molar-refractivity contribution in [2.75, 3.05) is 0 Å². The summed E-state index contributed by atoms with van der Waals surface area (Å²) in [5, 5.41) is 13.8. The van der Waals surface area contributed by atoms with Crippen molar-refractivity contribution in [1.82, 2.24) is 0 Å². The van der Waals surface area contributed by atoms with E-state index in [4.69, 9.17) is 0 Å². The molecule has 9 rings (SSSR count). The van der Waals surface area contributed by atoms with Crippen LogP contribution in [0.4, 0.5) is 0 Å². The lowest BCUT2D eigenvalue weighted by molar-refractivity contribution is 1.42. The van der Waals surface area contributed by atoms with Crippen LogP contribution in [-0.4, -0.2) is 0 Å². The van der Waals surface area contributed by atoms with Crippen LogP contribution >= 0.6 is 14.5 Å². The maximum Gasteiger partial charge on any atom is 0.116 e. The monoisotopic (exact) mass is 728 g/mol. The van der Waals surface area contributed by atoms with E-state index in [1.807, 2.05) is 0 Å². The van der Waals surface area contributed by atoms with Gasteiger partial charge in [0.2, 0.25) is 0 Å². The summed E-state index contributed by atoms with van der Waals surface area (Å²) < 4.78 is 0. The highest BCUT2D eigenvalue weighted by Crippen LogP contribution is 2.62. The van der Waals surface area contributed by atoms with Crippen LogP contribution in [0, 0.1) is 0 Å². The molecular formula is C52H42P2+2. The Morgan fingerprint density at radius 2 is 0.370 bits per heavy atom. The van der Waals surface area contributed by atoms with Gasteiger partial charge in [-0.05, 0) is 94.3 Å². The van der Waals surface area contributed by atoms with Crippen LogP contribution in [0.1, 0.15) is 11.1 Å². The molecule has 0 aliphatic heterocycles. The molecule has 2 heteroatoms. The van der Waals surface area contributed by atoms with Crippen LogP contribution in [-0.2, 0) is 12.3 Å². The maximum atomic E-state index is 2.39. The molecule has 9 aromatic carbocycles. The summed E-state index contributed by atoms with van der Waals surface area (Å²) in [6.45, 7) is 0. The Kier molecular flexibility index (Phi) is 9.49. The van der Waals surface area contributed by atoms with Gasteiger partial charge in [-0.3, -0.25) is 0 Å². The molecule has 0 heterocycles. The van der Waals surface area contributed by atoms with Gasteiger partial charge < -0.3 is 0 Å². The lowest BCUT2D eigenvalue weighted by atomic mass is 9.93. The van der Waals surface area contributed by atoms with Gasteiger partial charge in [0.15, 0.2) is 0 Å². The predicted molar refractivity (Wildman–Crippen MR) is 239 cm³/mol. The lowest BCUT2D eigenvalue weighted by Gasteiger charge is -2.31. The van der Waals surface area contributed by atoms with Gasteiger partial charge in [0.25, 0.3) is 0 Å². The van der Waals surface area contributed by atoms with E-state index in [0.29, 0.717) is 0 Å². The molecule has 0 atom stereocenters. The number of hydrogen-bond acceptors (Lipinski definition) is 0. The Bertz CT molecular complexity index is 2190. The van der Waals surface area contributed by atoms with E-state index in [0.717, 1.165) is 12.3 Å². The van der Waals surface area contributed by atoms with Crippen LogP contribution < -0.4 is 31.8 Å². The standard InChI is InChI=1S/C52H42P2/c1-7-23-41(24-8-1)53(42-25-9-2-10-26-42,43-27-11-3-12-28-43)39-51-47-35-19-21-37-49(47)52(50-38-22-20-36-48(50)51)40-54(44-29-13-4-14-30-44,45-31-15-5-16-32-45)46-33-17-6-18-34-46/h1-38H,39-40H2/q+2. The molecule has 9 aromatic rings. The first kappa shape index (κ1) is 34.1. The average molecular weight is 729 g/mol. The summed E-state index contributed by atoms with van der Waals surface area (Å²) in [6, 6.07) is 86.4. The highest BCUT2D eigenvalue weighted by molar-refractivity contribution is 7.95. The average Bonchev–Trinajstić information content (AvgIpc) is 3.27. The first-order valence-corrected chi connectivity index (χ1v) is 22.7. The molecule has 0 aliphatic carbocycles. The molecule has 0 aliphatic rings. The van der Waals surface area contributed by atoms with E-state index in [9.17, 15) is 0 Å². The fourth-order valence-corrected chi connectivity index (χ4v) is 17.3. The molecule has 0 fully saturated rings. The minimum absolute atomic E-state index is 0.919. The van der Waals surface area contributed by atoms with E-state index in [-0.39, 0.29) is 0 Å². The van der Waals surface area contributed by atoms with Crippen LogP contribution in [0.15, 0.2) is 231 Å². The normalized spacial score (nSPS) is 11.9. The zero-order chi connectivity index (χ0) is 36.2. The Labute approximate surface area is 320 Å². The quantitative estimate of drug-likeness (QED) is 0.0972. The zero-order valence-corrected chi connectivity index (χ0v) is 32.0. The molecule has 0 saturated heterocycles. The van der Waals surface area contributed by atoms with Crippen molar-refractivity contribution in [1.29, 1.82) is 0 Å². The fraction of sp³-hybridized carbons (Fsp3) is 0.0385. The van der Waals surface area contributed by atoms with Crippen LogP contribution in [0.3, 0.4) is 0 Å².